The highest BCUT2D eigenvalue weighted by Gasteiger charge is 2.27. The summed E-state index contributed by atoms with van der Waals surface area (Å²) >= 11 is 0. The summed E-state index contributed by atoms with van der Waals surface area (Å²) in [5.74, 6) is 1.83. The Morgan fingerprint density at radius 2 is 2.20 bits per heavy atom. The summed E-state index contributed by atoms with van der Waals surface area (Å²) in [6.07, 6.45) is 6.34. The number of aromatic nitrogens is 1. The quantitative estimate of drug-likeness (QED) is 0.726. The number of rotatable bonds is 4. The standard InChI is InChI=1S/C12H15N3O4S/c1-2-3-13-12(16)11-8-10(9-14-11)20(17,18)15-4-6-19-7-5-15/h1,8-9,14H,3-7H2,(H,13,16). The third-order valence-corrected chi connectivity index (χ3v) is 4.74. The summed E-state index contributed by atoms with van der Waals surface area (Å²) in [7, 11) is -3.59. The van der Waals surface area contributed by atoms with Gasteiger partial charge < -0.3 is 15.0 Å². The number of hydrogen-bond acceptors (Lipinski definition) is 4. The highest BCUT2D eigenvalue weighted by atomic mass is 32.2. The molecule has 7 nitrogen and oxygen atoms in total. The summed E-state index contributed by atoms with van der Waals surface area (Å²) in [6.45, 7) is 1.46. The van der Waals surface area contributed by atoms with E-state index in [0.29, 0.717) is 26.3 Å². The molecular weight excluding hydrogens is 282 g/mol. The van der Waals surface area contributed by atoms with Crippen LogP contribution in [0.4, 0.5) is 0 Å². The van der Waals surface area contributed by atoms with Crippen LogP contribution in [0.2, 0.25) is 0 Å². The normalized spacial score (nSPS) is 16.6. The third kappa shape index (κ3) is 3.01. The molecular formula is C12H15N3O4S. The average Bonchev–Trinajstić information content (AvgIpc) is 2.96. The Morgan fingerprint density at radius 3 is 2.85 bits per heavy atom. The Kier molecular flexibility index (Phi) is 4.44. The zero-order valence-corrected chi connectivity index (χ0v) is 11.6. The highest BCUT2D eigenvalue weighted by molar-refractivity contribution is 7.89. The van der Waals surface area contributed by atoms with Crippen molar-refractivity contribution in [1.82, 2.24) is 14.6 Å². The van der Waals surface area contributed by atoms with E-state index >= 15 is 0 Å². The number of sulfonamides is 1. The summed E-state index contributed by atoms with van der Waals surface area (Å²) in [6, 6.07) is 1.30. The molecule has 2 N–H and O–H groups in total. The van der Waals surface area contributed by atoms with Gasteiger partial charge in [-0.25, -0.2) is 8.42 Å². The fraction of sp³-hybridized carbons (Fsp3) is 0.417. The molecule has 0 saturated carbocycles. The van der Waals surface area contributed by atoms with Gasteiger partial charge >= 0.3 is 0 Å². The van der Waals surface area contributed by atoms with Crippen molar-refractivity contribution >= 4 is 15.9 Å². The van der Waals surface area contributed by atoms with Crippen molar-refractivity contribution in [2.45, 2.75) is 4.90 Å². The summed E-state index contributed by atoms with van der Waals surface area (Å²) in [5.41, 5.74) is 0.159. The first-order valence-electron chi connectivity index (χ1n) is 6.03. The molecule has 0 aliphatic carbocycles. The van der Waals surface area contributed by atoms with E-state index < -0.39 is 15.9 Å². The minimum absolute atomic E-state index is 0.0604. The maximum atomic E-state index is 12.3. The van der Waals surface area contributed by atoms with Crippen LogP contribution in [-0.2, 0) is 14.8 Å². The zero-order chi connectivity index (χ0) is 14.6. The van der Waals surface area contributed by atoms with Gasteiger partial charge in [0, 0.05) is 19.3 Å². The van der Waals surface area contributed by atoms with Crippen LogP contribution in [0.3, 0.4) is 0 Å². The molecule has 0 aromatic carbocycles. The Bertz CT molecular complexity index is 623. The van der Waals surface area contributed by atoms with Crippen LogP contribution in [-0.4, -0.2) is 56.5 Å². The van der Waals surface area contributed by atoms with E-state index in [1.54, 1.807) is 0 Å². The Morgan fingerprint density at radius 1 is 1.50 bits per heavy atom. The molecule has 0 bridgehead atoms. The summed E-state index contributed by atoms with van der Waals surface area (Å²) in [5, 5.41) is 2.46. The van der Waals surface area contributed by atoms with Crippen LogP contribution in [0.25, 0.3) is 0 Å². The highest BCUT2D eigenvalue weighted by Crippen LogP contribution is 2.17. The SMILES string of the molecule is C#CCNC(=O)c1cc(S(=O)(=O)N2CCOCC2)c[nH]1. The van der Waals surface area contributed by atoms with Crippen molar-refractivity contribution in [3.05, 3.63) is 18.0 Å². The smallest absolute Gasteiger partial charge is 0.268 e. The van der Waals surface area contributed by atoms with Crippen molar-refractivity contribution in [1.29, 1.82) is 0 Å². The molecule has 20 heavy (non-hydrogen) atoms. The van der Waals surface area contributed by atoms with Crippen LogP contribution in [0.1, 0.15) is 10.5 Å². The summed E-state index contributed by atoms with van der Waals surface area (Å²) in [4.78, 5) is 14.4. The van der Waals surface area contributed by atoms with Crippen LogP contribution >= 0.6 is 0 Å². The first-order valence-corrected chi connectivity index (χ1v) is 7.47. The van der Waals surface area contributed by atoms with E-state index in [0.717, 1.165) is 0 Å². The lowest BCUT2D eigenvalue weighted by Gasteiger charge is -2.25. The zero-order valence-electron chi connectivity index (χ0n) is 10.8. The molecule has 1 aliphatic heterocycles. The number of carbonyl (C=O) groups excluding carboxylic acids is 1. The molecule has 0 unspecified atom stereocenters. The van der Waals surface area contributed by atoms with Gasteiger partial charge in [0.05, 0.1) is 19.8 Å². The minimum Gasteiger partial charge on any atom is -0.379 e. The Hall–Kier alpha value is -1.82. The third-order valence-electron chi connectivity index (χ3n) is 2.86. The van der Waals surface area contributed by atoms with E-state index in [4.69, 9.17) is 11.2 Å². The second-order valence-corrected chi connectivity index (χ2v) is 6.09. The average molecular weight is 297 g/mol. The molecule has 1 saturated heterocycles. The number of hydrogen-bond donors (Lipinski definition) is 2. The first-order chi connectivity index (χ1) is 9.55. The predicted molar refractivity (Wildman–Crippen MR) is 71.5 cm³/mol. The van der Waals surface area contributed by atoms with Crippen molar-refractivity contribution in [3.8, 4) is 12.3 Å². The molecule has 1 aromatic rings. The Labute approximate surface area is 117 Å². The Balaban J connectivity index is 2.15. The molecule has 8 heteroatoms. The summed E-state index contributed by atoms with van der Waals surface area (Å²) < 4.78 is 31.1. The van der Waals surface area contributed by atoms with Gasteiger partial charge in [-0.05, 0) is 6.07 Å². The second kappa shape index (κ2) is 6.09. The molecule has 0 radical (unpaired) electrons. The van der Waals surface area contributed by atoms with Crippen LogP contribution in [0, 0.1) is 12.3 Å². The van der Waals surface area contributed by atoms with Gasteiger partial charge in [-0.3, -0.25) is 4.79 Å². The van der Waals surface area contributed by atoms with E-state index in [-0.39, 0.29) is 17.1 Å². The first kappa shape index (κ1) is 14.6. The fourth-order valence-electron chi connectivity index (χ4n) is 1.82. The molecule has 0 atom stereocenters. The maximum Gasteiger partial charge on any atom is 0.268 e. The van der Waals surface area contributed by atoms with Crippen LogP contribution in [0.15, 0.2) is 17.2 Å². The lowest BCUT2D eigenvalue weighted by molar-refractivity contribution is 0.0730. The largest absolute Gasteiger partial charge is 0.379 e. The second-order valence-electron chi connectivity index (χ2n) is 4.15. The van der Waals surface area contributed by atoms with E-state index in [1.807, 2.05) is 0 Å². The number of ether oxygens (including phenoxy) is 1. The van der Waals surface area contributed by atoms with Crippen LogP contribution in [0.5, 0.6) is 0 Å². The number of nitrogens with zero attached hydrogens (tertiary/aromatic N) is 1. The van der Waals surface area contributed by atoms with Crippen molar-refractivity contribution < 1.29 is 17.9 Å². The number of aromatic amines is 1. The molecule has 1 amide bonds. The van der Waals surface area contributed by atoms with Crippen molar-refractivity contribution in [3.63, 3.8) is 0 Å². The van der Waals surface area contributed by atoms with E-state index in [9.17, 15) is 13.2 Å². The molecule has 1 aliphatic rings. The number of terminal acetylenes is 1. The number of carbonyl (C=O) groups is 1. The van der Waals surface area contributed by atoms with Crippen molar-refractivity contribution in [2.24, 2.45) is 0 Å². The van der Waals surface area contributed by atoms with Gasteiger partial charge in [0.25, 0.3) is 5.91 Å². The molecule has 1 aromatic heterocycles. The van der Waals surface area contributed by atoms with E-state index in [2.05, 4.69) is 16.2 Å². The number of morpholine rings is 1. The van der Waals surface area contributed by atoms with Gasteiger partial charge in [0.2, 0.25) is 10.0 Å². The predicted octanol–water partition coefficient (Wildman–Crippen LogP) is -0.601. The molecule has 2 heterocycles. The number of amides is 1. The number of nitrogens with one attached hydrogen (secondary N) is 2. The monoisotopic (exact) mass is 297 g/mol. The van der Waals surface area contributed by atoms with Crippen LogP contribution < -0.4 is 5.32 Å². The number of H-pyrrole nitrogens is 1. The lowest BCUT2D eigenvalue weighted by Crippen LogP contribution is -2.40. The van der Waals surface area contributed by atoms with Gasteiger partial charge in [-0.15, -0.1) is 6.42 Å². The van der Waals surface area contributed by atoms with Gasteiger partial charge in [0.15, 0.2) is 0 Å². The lowest BCUT2D eigenvalue weighted by atomic mass is 10.4. The minimum atomic E-state index is -3.59. The van der Waals surface area contributed by atoms with Gasteiger partial charge in [0.1, 0.15) is 10.6 Å². The molecule has 2 rings (SSSR count). The van der Waals surface area contributed by atoms with Gasteiger partial charge in [-0.2, -0.15) is 4.31 Å². The van der Waals surface area contributed by atoms with E-state index in [1.165, 1.54) is 16.6 Å². The molecule has 0 spiro atoms. The van der Waals surface area contributed by atoms with Crippen molar-refractivity contribution in [2.75, 3.05) is 32.8 Å². The molecule has 108 valence electrons. The topological polar surface area (TPSA) is 91.5 Å². The maximum absolute atomic E-state index is 12.3. The fourth-order valence-corrected chi connectivity index (χ4v) is 3.22. The van der Waals surface area contributed by atoms with Gasteiger partial charge in [-0.1, -0.05) is 5.92 Å². The molecule has 1 fully saturated rings.